The van der Waals surface area contributed by atoms with Gasteiger partial charge in [-0.2, -0.15) is 5.10 Å². The summed E-state index contributed by atoms with van der Waals surface area (Å²) in [5, 5.41) is 6.82. The molecular formula is C13H11N3O2. The topological polar surface area (TPSA) is 59.4 Å². The van der Waals surface area contributed by atoms with Gasteiger partial charge < -0.3 is 9.14 Å². The molecule has 1 N–H and O–H groups in total. The van der Waals surface area contributed by atoms with Crippen molar-refractivity contribution in [3.63, 3.8) is 0 Å². The molecule has 3 aromatic heterocycles. The molecule has 90 valence electrons. The smallest absolute Gasteiger partial charge is 0.340 e. The third-order valence-corrected chi connectivity index (χ3v) is 2.86. The standard InChI is InChI=1S/C13H11N3O2/c1-18-13(17)9-8-12(10-5-6-14-15-10)16-7-3-2-4-11(9)16/h2-8H,1H3,(H,14,15). The number of aromatic nitrogens is 3. The lowest BCUT2D eigenvalue weighted by atomic mass is 10.2. The van der Waals surface area contributed by atoms with E-state index in [1.165, 1.54) is 7.11 Å². The number of nitrogens with zero attached hydrogens (tertiary/aromatic N) is 2. The molecule has 3 rings (SSSR count). The number of hydrogen-bond donors (Lipinski definition) is 1. The Labute approximate surface area is 103 Å². The fourth-order valence-corrected chi connectivity index (χ4v) is 2.03. The highest BCUT2D eigenvalue weighted by Crippen LogP contribution is 2.25. The van der Waals surface area contributed by atoms with Crippen LogP contribution in [0.1, 0.15) is 10.4 Å². The number of esters is 1. The molecule has 3 heterocycles. The molecule has 0 aromatic carbocycles. The van der Waals surface area contributed by atoms with E-state index in [2.05, 4.69) is 10.2 Å². The molecule has 0 spiro atoms. The Balaban J connectivity index is 2.31. The van der Waals surface area contributed by atoms with Gasteiger partial charge in [-0.25, -0.2) is 4.79 Å². The number of methoxy groups -OCH3 is 1. The molecule has 0 atom stereocenters. The molecule has 0 radical (unpaired) electrons. The summed E-state index contributed by atoms with van der Waals surface area (Å²) >= 11 is 0. The Kier molecular flexibility index (Phi) is 2.37. The molecule has 0 bridgehead atoms. The molecule has 5 heteroatoms. The second-order valence-corrected chi connectivity index (χ2v) is 3.86. The van der Waals surface area contributed by atoms with Gasteiger partial charge in [-0.15, -0.1) is 0 Å². The van der Waals surface area contributed by atoms with Gasteiger partial charge in [-0.1, -0.05) is 6.07 Å². The quantitative estimate of drug-likeness (QED) is 0.699. The maximum atomic E-state index is 11.7. The van der Waals surface area contributed by atoms with Gasteiger partial charge in [0.15, 0.2) is 0 Å². The number of fused-ring (bicyclic) bond motifs is 1. The minimum atomic E-state index is -0.343. The van der Waals surface area contributed by atoms with Crippen molar-refractivity contribution in [2.45, 2.75) is 0 Å². The third-order valence-electron chi connectivity index (χ3n) is 2.86. The third kappa shape index (κ3) is 1.48. The molecule has 0 unspecified atom stereocenters. The first-order chi connectivity index (χ1) is 8.81. The Morgan fingerprint density at radius 1 is 1.39 bits per heavy atom. The minimum Gasteiger partial charge on any atom is -0.465 e. The molecule has 18 heavy (non-hydrogen) atoms. The van der Waals surface area contributed by atoms with Gasteiger partial charge in [0.25, 0.3) is 0 Å². The second-order valence-electron chi connectivity index (χ2n) is 3.86. The van der Waals surface area contributed by atoms with E-state index in [0.717, 1.165) is 16.9 Å². The lowest BCUT2D eigenvalue weighted by Gasteiger charge is -1.99. The molecule has 0 amide bonds. The summed E-state index contributed by atoms with van der Waals surface area (Å²) in [6, 6.07) is 9.34. The Morgan fingerprint density at radius 2 is 2.28 bits per heavy atom. The predicted molar refractivity (Wildman–Crippen MR) is 66.3 cm³/mol. The normalized spacial score (nSPS) is 10.7. The van der Waals surface area contributed by atoms with E-state index in [0.29, 0.717) is 5.56 Å². The van der Waals surface area contributed by atoms with Crippen LogP contribution in [0.2, 0.25) is 0 Å². The van der Waals surface area contributed by atoms with Crippen molar-refractivity contribution in [2.75, 3.05) is 7.11 Å². The zero-order valence-electron chi connectivity index (χ0n) is 9.75. The van der Waals surface area contributed by atoms with Crippen LogP contribution in [-0.2, 0) is 4.74 Å². The summed E-state index contributed by atoms with van der Waals surface area (Å²) in [4.78, 5) is 11.7. The average molecular weight is 241 g/mol. The molecule has 5 nitrogen and oxygen atoms in total. The number of rotatable bonds is 2. The number of carbonyl (C=O) groups is 1. The highest BCUT2D eigenvalue weighted by Gasteiger charge is 2.16. The molecule has 0 aliphatic carbocycles. The Hall–Kier alpha value is -2.56. The zero-order valence-corrected chi connectivity index (χ0v) is 9.75. The van der Waals surface area contributed by atoms with Crippen molar-refractivity contribution in [3.05, 3.63) is 48.3 Å². The number of hydrogen-bond acceptors (Lipinski definition) is 3. The van der Waals surface area contributed by atoms with Crippen LogP contribution < -0.4 is 0 Å². The fraction of sp³-hybridized carbons (Fsp3) is 0.0769. The molecule has 0 aliphatic rings. The molecule has 0 saturated heterocycles. The lowest BCUT2D eigenvalue weighted by Crippen LogP contribution is -1.99. The van der Waals surface area contributed by atoms with E-state index < -0.39 is 0 Å². The van der Waals surface area contributed by atoms with E-state index >= 15 is 0 Å². The van der Waals surface area contributed by atoms with Crippen LogP contribution in [0.4, 0.5) is 0 Å². The largest absolute Gasteiger partial charge is 0.465 e. The van der Waals surface area contributed by atoms with E-state index in [4.69, 9.17) is 4.74 Å². The van der Waals surface area contributed by atoms with Crippen molar-refractivity contribution in [1.82, 2.24) is 14.6 Å². The minimum absolute atomic E-state index is 0.343. The second kappa shape index (κ2) is 4.03. The number of pyridine rings is 1. The van der Waals surface area contributed by atoms with E-state index in [1.54, 1.807) is 12.3 Å². The van der Waals surface area contributed by atoms with Gasteiger partial charge >= 0.3 is 5.97 Å². The van der Waals surface area contributed by atoms with Crippen LogP contribution in [-0.4, -0.2) is 27.7 Å². The molecule has 0 fully saturated rings. The van der Waals surface area contributed by atoms with Crippen molar-refractivity contribution in [3.8, 4) is 11.4 Å². The van der Waals surface area contributed by atoms with E-state index in [-0.39, 0.29) is 5.97 Å². The van der Waals surface area contributed by atoms with Crippen LogP contribution in [0.3, 0.4) is 0 Å². The highest BCUT2D eigenvalue weighted by molar-refractivity contribution is 5.99. The van der Waals surface area contributed by atoms with Crippen LogP contribution in [0.5, 0.6) is 0 Å². The Bertz CT molecular complexity index is 698. The highest BCUT2D eigenvalue weighted by atomic mass is 16.5. The van der Waals surface area contributed by atoms with Gasteiger partial charge in [-0.05, 0) is 24.3 Å². The first-order valence-electron chi connectivity index (χ1n) is 5.49. The van der Waals surface area contributed by atoms with Crippen molar-refractivity contribution in [2.24, 2.45) is 0 Å². The van der Waals surface area contributed by atoms with Gasteiger partial charge in [0, 0.05) is 12.4 Å². The van der Waals surface area contributed by atoms with Crippen LogP contribution in [0.25, 0.3) is 16.9 Å². The molecule has 0 saturated carbocycles. The maximum Gasteiger partial charge on any atom is 0.340 e. The zero-order chi connectivity index (χ0) is 12.5. The number of H-pyrrole nitrogens is 1. The monoisotopic (exact) mass is 241 g/mol. The van der Waals surface area contributed by atoms with Crippen LogP contribution >= 0.6 is 0 Å². The van der Waals surface area contributed by atoms with Crippen molar-refractivity contribution in [1.29, 1.82) is 0 Å². The maximum absolute atomic E-state index is 11.7. The Morgan fingerprint density at radius 3 is 3.00 bits per heavy atom. The fourth-order valence-electron chi connectivity index (χ4n) is 2.03. The summed E-state index contributed by atoms with van der Waals surface area (Å²) < 4.78 is 6.73. The van der Waals surface area contributed by atoms with Gasteiger partial charge in [-0.3, -0.25) is 5.10 Å². The molecular weight excluding hydrogens is 230 g/mol. The predicted octanol–water partition coefficient (Wildman–Crippen LogP) is 2.12. The summed E-state index contributed by atoms with van der Waals surface area (Å²) in [7, 11) is 1.38. The first kappa shape index (κ1) is 10.6. The summed E-state index contributed by atoms with van der Waals surface area (Å²) in [5.41, 5.74) is 3.09. The van der Waals surface area contributed by atoms with E-state index in [1.807, 2.05) is 34.9 Å². The van der Waals surface area contributed by atoms with Gasteiger partial charge in [0.2, 0.25) is 0 Å². The number of aromatic amines is 1. The summed E-state index contributed by atoms with van der Waals surface area (Å²) in [5.74, 6) is -0.343. The first-order valence-corrected chi connectivity index (χ1v) is 5.49. The van der Waals surface area contributed by atoms with Crippen molar-refractivity contribution >= 4 is 11.5 Å². The summed E-state index contributed by atoms with van der Waals surface area (Å²) in [6.45, 7) is 0. The molecule has 0 aliphatic heterocycles. The number of nitrogens with one attached hydrogen (secondary N) is 1. The number of ether oxygens (including phenoxy) is 1. The van der Waals surface area contributed by atoms with E-state index in [9.17, 15) is 4.79 Å². The molecule has 3 aromatic rings. The average Bonchev–Trinajstić information content (AvgIpc) is 3.04. The van der Waals surface area contributed by atoms with Crippen molar-refractivity contribution < 1.29 is 9.53 Å². The summed E-state index contributed by atoms with van der Waals surface area (Å²) in [6.07, 6.45) is 3.58. The van der Waals surface area contributed by atoms with Gasteiger partial charge in [0.1, 0.15) is 0 Å². The lowest BCUT2D eigenvalue weighted by molar-refractivity contribution is 0.0603. The van der Waals surface area contributed by atoms with Gasteiger partial charge in [0.05, 0.1) is 29.6 Å². The van der Waals surface area contributed by atoms with Crippen LogP contribution in [0.15, 0.2) is 42.7 Å². The SMILES string of the molecule is COC(=O)c1cc(-c2ccn[nH]2)n2ccccc12. The number of carbonyl (C=O) groups excluding carboxylic acids is 1. The van der Waals surface area contributed by atoms with Crippen LogP contribution in [0, 0.1) is 0 Å².